The summed E-state index contributed by atoms with van der Waals surface area (Å²) in [7, 11) is -3.74. The summed E-state index contributed by atoms with van der Waals surface area (Å²) in [5.74, 6) is 0.0216. The van der Waals surface area contributed by atoms with E-state index in [0.29, 0.717) is 35.4 Å². The predicted octanol–water partition coefficient (Wildman–Crippen LogP) is 5.97. The number of fused-ring (bicyclic) bond motifs is 1. The van der Waals surface area contributed by atoms with E-state index in [4.69, 9.17) is 13.5 Å². The summed E-state index contributed by atoms with van der Waals surface area (Å²) in [5, 5.41) is 0.710. The SMILES string of the molecule is CCOP(=O)(OCC)C(CCC(=O)c1c(C)oc2ccc(Br)cc12)C(=O)N(CC)CC. The Morgan fingerprint density at radius 2 is 1.74 bits per heavy atom. The molecule has 2 rings (SSSR count). The van der Waals surface area contributed by atoms with Gasteiger partial charge >= 0.3 is 7.60 Å². The van der Waals surface area contributed by atoms with Gasteiger partial charge in [0.05, 0.1) is 18.8 Å². The number of benzene rings is 1. The molecule has 1 aromatic carbocycles. The molecule has 0 saturated carbocycles. The Morgan fingerprint density at radius 1 is 1.13 bits per heavy atom. The fourth-order valence-corrected chi connectivity index (χ4v) is 6.07. The molecule has 0 N–H and O–H groups in total. The van der Waals surface area contributed by atoms with Gasteiger partial charge in [-0.2, -0.15) is 0 Å². The van der Waals surface area contributed by atoms with Gasteiger partial charge in [0.2, 0.25) is 5.91 Å². The van der Waals surface area contributed by atoms with Crippen molar-refractivity contribution in [2.75, 3.05) is 26.3 Å². The van der Waals surface area contributed by atoms with E-state index >= 15 is 0 Å². The minimum Gasteiger partial charge on any atom is -0.461 e. The topological polar surface area (TPSA) is 86.0 Å². The van der Waals surface area contributed by atoms with Crippen molar-refractivity contribution in [3.05, 3.63) is 34.0 Å². The summed E-state index contributed by atoms with van der Waals surface area (Å²) in [6.07, 6.45) is 0.0787. The molecule has 0 aliphatic heterocycles. The molecule has 0 saturated heterocycles. The van der Waals surface area contributed by atoms with Crippen molar-refractivity contribution in [2.24, 2.45) is 0 Å². The fraction of sp³-hybridized carbons (Fsp3) is 0.545. The number of hydrogen-bond acceptors (Lipinski definition) is 6. The molecule has 2 aromatic rings. The Labute approximate surface area is 192 Å². The fourth-order valence-electron chi connectivity index (χ4n) is 3.67. The van der Waals surface area contributed by atoms with Crippen LogP contribution in [0.3, 0.4) is 0 Å². The molecule has 1 unspecified atom stereocenters. The molecular weight excluding hydrogens is 485 g/mol. The van der Waals surface area contributed by atoms with Crippen LogP contribution in [0.1, 0.15) is 56.7 Å². The number of amides is 1. The second-order valence-corrected chi connectivity index (χ2v) is 10.2. The maximum Gasteiger partial charge on any atom is 0.343 e. The number of furan rings is 1. The standard InChI is InChI=1S/C22H31BrNO6P/c1-6-24(7-2)22(26)20(31(27,28-8-3)29-9-4)13-11-18(25)21-15(5)30-19-12-10-16(23)14-17(19)21/h10,12,14,20H,6-9,11,13H2,1-5H3. The third kappa shape index (κ3) is 5.86. The summed E-state index contributed by atoms with van der Waals surface area (Å²) in [4.78, 5) is 27.9. The van der Waals surface area contributed by atoms with Crippen LogP contribution in [0.2, 0.25) is 0 Å². The van der Waals surface area contributed by atoms with Gasteiger partial charge in [-0.1, -0.05) is 15.9 Å². The second-order valence-electron chi connectivity index (χ2n) is 7.04. The van der Waals surface area contributed by atoms with Crippen LogP contribution in [0, 0.1) is 6.92 Å². The Morgan fingerprint density at radius 3 is 2.29 bits per heavy atom. The van der Waals surface area contributed by atoms with Gasteiger partial charge in [-0.05, 0) is 59.2 Å². The number of ketones is 1. The molecule has 0 bridgehead atoms. The minimum atomic E-state index is -3.74. The molecule has 1 amide bonds. The van der Waals surface area contributed by atoms with E-state index < -0.39 is 13.3 Å². The maximum absolute atomic E-state index is 13.5. The van der Waals surface area contributed by atoms with E-state index in [1.165, 1.54) is 0 Å². The number of Topliss-reactive ketones (excluding diaryl/α,β-unsaturated/α-hetero) is 1. The maximum atomic E-state index is 13.5. The van der Waals surface area contributed by atoms with Gasteiger partial charge in [0.25, 0.3) is 0 Å². The zero-order valence-electron chi connectivity index (χ0n) is 18.8. The Bertz CT molecular complexity index is 958. The molecular formula is C22H31BrNO6P. The Balaban J connectivity index is 2.36. The predicted molar refractivity (Wildman–Crippen MR) is 125 cm³/mol. The molecule has 7 nitrogen and oxygen atoms in total. The third-order valence-electron chi connectivity index (χ3n) is 5.11. The van der Waals surface area contributed by atoms with Crippen molar-refractivity contribution in [1.29, 1.82) is 0 Å². The molecule has 0 aliphatic carbocycles. The number of halogens is 1. The zero-order valence-corrected chi connectivity index (χ0v) is 21.3. The van der Waals surface area contributed by atoms with E-state index in [-0.39, 0.29) is 37.7 Å². The third-order valence-corrected chi connectivity index (χ3v) is 8.08. The van der Waals surface area contributed by atoms with Crippen molar-refractivity contribution in [3.63, 3.8) is 0 Å². The first-order valence-corrected chi connectivity index (χ1v) is 13.0. The quantitative estimate of drug-likeness (QED) is 0.255. The Kier molecular flexibility index (Phi) is 9.49. The van der Waals surface area contributed by atoms with Gasteiger partial charge in [0.1, 0.15) is 17.0 Å². The average molecular weight is 516 g/mol. The molecule has 1 aromatic heterocycles. The number of carbonyl (C=O) groups is 2. The highest BCUT2D eigenvalue weighted by atomic mass is 79.9. The first-order valence-electron chi connectivity index (χ1n) is 10.6. The molecule has 1 heterocycles. The first kappa shape index (κ1) is 25.8. The number of carbonyl (C=O) groups excluding carboxylic acids is 2. The van der Waals surface area contributed by atoms with Crippen LogP contribution in [0.15, 0.2) is 27.1 Å². The summed E-state index contributed by atoms with van der Waals surface area (Å²) < 4.78 is 31.0. The molecule has 0 aliphatic rings. The van der Waals surface area contributed by atoms with E-state index in [0.717, 1.165) is 4.47 Å². The smallest absolute Gasteiger partial charge is 0.343 e. The van der Waals surface area contributed by atoms with E-state index in [1.807, 2.05) is 26.0 Å². The summed E-state index contributed by atoms with van der Waals surface area (Å²) >= 11 is 3.43. The normalized spacial score (nSPS) is 12.8. The van der Waals surface area contributed by atoms with Crippen LogP contribution in [0.4, 0.5) is 0 Å². The van der Waals surface area contributed by atoms with Gasteiger partial charge in [0, 0.05) is 29.4 Å². The summed E-state index contributed by atoms with van der Waals surface area (Å²) in [6, 6.07) is 5.48. The second kappa shape index (κ2) is 11.4. The monoisotopic (exact) mass is 515 g/mol. The largest absolute Gasteiger partial charge is 0.461 e. The van der Waals surface area contributed by atoms with Crippen molar-refractivity contribution < 1.29 is 27.6 Å². The molecule has 1 atom stereocenters. The highest BCUT2D eigenvalue weighted by molar-refractivity contribution is 9.10. The van der Waals surface area contributed by atoms with E-state index in [9.17, 15) is 14.2 Å². The molecule has 0 fully saturated rings. The van der Waals surface area contributed by atoms with E-state index in [1.54, 1.807) is 31.7 Å². The van der Waals surface area contributed by atoms with Crippen LogP contribution >= 0.6 is 23.5 Å². The summed E-state index contributed by atoms with van der Waals surface area (Å²) in [5.41, 5.74) is 0.0589. The highest BCUT2D eigenvalue weighted by Crippen LogP contribution is 2.55. The number of nitrogens with zero attached hydrogens (tertiary/aromatic N) is 1. The van der Waals surface area contributed by atoms with Crippen LogP contribution < -0.4 is 0 Å². The number of aryl methyl sites for hydroxylation is 1. The lowest BCUT2D eigenvalue weighted by Gasteiger charge is -2.29. The molecule has 0 radical (unpaired) electrons. The van der Waals surface area contributed by atoms with Crippen LogP contribution in [-0.4, -0.2) is 48.6 Å². The lowest BCUT2D eigenvalue weighted by Crippen LogP contribution is -2.39. The van der Waals surface area contributed by atoms with Gasteiger partial charge in [-0.3, -0.25) is 14.2 Å². The van der Waals surface area contributed by atoms with Crippen LogP contribution in [0.5, 0.6) is 0 Å². The lowest BCUT2D eigenvalue weighted by molar-refractivity contribution is -0.130. The number of hydrogen-bond donors (Lipinski definition) is 0. The Hall–Kier alpha value is -1.47. The van der Waals surface area contributed by atoms with Crippen LogP contribution in [0.25, 0.3) is 11.0 Å². The van der Waals surface area contributed by atoms with E-state index in [2.05, 4.69) is 15.9 Å². The van der Waals surface area contributed by atoms with Gasteiger partial charge < -0.3 is 18.4 Å². The number of rotatable bonds is 12. The first-order chi connectivity index (χ1) is 14.7. The van der Waals surface area contributed by atoms with Gasteiger partial charge in [-0.15, -0.1) is 0 Å². The summed E-state index contributed by atoms with van der Waals surface area (Å²) in [6.45, 7) is 10.1. The highest BCUT2D eigenvalue weighted by Gasteiger charge is 2.42. The average Bonchev–Trinajstić information content (AvgIpc) is 3.04. The molecule has 172 valence electrons. The molecule has 9 heteroatoms. The van der Waals surface area contributed by atoms with Gasteiger partial charge in [-0.25, -0.2) is 0 Å². The lowest BCUT2D eigenvalue weighted by atomic mass is 10.0. The molecule has 31 heavy (non-hydrogen) atoms. The van der Waals surface area contributed by atoms with Crippen molar-refractivity contribution in [2.45, 2.75) is 53.1 Å². The van der Waals surface area contributed by atoms with Gasteiger partial charge in [0.15, 0.2) is 5.78 Å². The van der Waals surface area contributed by atoms with Crippen LogP contribution in [-0.2, 0) is 18.4 Å². The minimum absolute atomic E-state index is 0.0177. The van der Waals surface area contributed by atoms with Crippen molar-refractivity contribution >= 4 is 46.2 Å². The zero-order chi connectivity index (χ0) is 23.2. The van der Waals surface area contributed by atoms with Crippen molar-refractivity contribution in [1.82, 2.24) is 4.90 Å². The molecule has 0 spiro atoms. The van der Waals surface area contributed by atoms with Crippen molar-refractivity contribution in [3.8, 4) is 0 Å².